The first kappa shape index (κ1) is 15.1. The quantitative estimate of drug-likeness (QED) is 0.678. The normalized spacial score (nSPS) is 12.1. The molecule has 1 atom stereocenters. The Morgan fingerprint density at radius 2 is 1.95 bits per heavy atom. The molecule has 1 unspecified atom stereocenters. The Morgan fingerprint density at radius 1 is 1.24 bits per heavy atom. The maximum absolute atomic E-state index is 13.6. The number of benzene rings is 2. The van der Waals surface area contributed by atoms with Gasteiger partial charge in [0.05, 0.1) is 4.92 Å². The monoisotopic (exact) mass is 288 g/mol. The van der Waals surface area contributed by atoms with Gasteiger partial charge in [-0.15, -0.1) is 0 Å². The van der Waals surface area contributed by atoms with Crippen molar-refractivity contribution in [3.05, 3.63) is 75.1 Å². The summed E-state index contributed by atoms with van der Waals surface area (Å²) in [7, 11) is 0. The number of aryl methyl sites for hydroxylation is 1. The molecule has 0 saturated carbocycles. The van der Waals surface area contributed by atoms with Crippen molar-refractivity contribution in [1.29, 1.82) is 0 Å². The maximum Gasteiger partial charge on any atom is 0.304 e. The number of hydrogen-bond acceptors (Lipinski definition) is 3. The average molecular weight is 288 g/mol. The summed E-state index contributed by atoms with van der Waals surface area (Å²) in [6.45, 7) is 2.02. The van der Waals surface area contributed by atoms with Crippen LogP contribution in [0.4, 0.5) is 10.1 Å². The molecular weight excluding hydrogens is 271 g/mol. The van der Waals surface area contributed by atoms with E-state index in [0.29, 0.717) is 18.4 Å². The first-order valence-electron chi connectivity index (χ1n) is 6.70. The van der Waals surface area contributed by atoms with Crippen LogP contribution >= 0.6 is 0 Å². The second-order valence-corrected chi connectivity index (χ2v) is 5.14. The van der Waals surface area contributed by atoms with Crippen LogP contribution in [0, 0.1) is 22.9 Å². The summed E-state index contributed by atoms with van der Waals surface area (Å²) in [4.78, 5) is 9.84. The molecular formula is C16H17FN2O2. The number of nitrogens with two attached hydrogens (primary N) is 1. The van der Waals surface area contributed by atoms with Crippen LogP contribution in [0.5, 0.6) is 0 Å². The number of hydrogen-bond donors (Lipinski definition) is 1. The molecule has 0 aliphatic heterocycles. The SMILES string of the molecule is Cc1ccccc1CC(N)Cc1ccc([N+](=O)[O-])c(F)c1. The van der Waals surface area contributed by atoms with Crippen molar-refractivity contribution in [3.8, 4) is 0 Å². The molecule has 0 spiro atoms. The van der Waals surface area contributed by atoms with E-state index in [0.717, 1.165) is 5.56 Å². The Kier molecular flexibility index (Phi) is 4.65. The minimum absolute atomic E-state index is 0.160. The van der Waals surface area contributed by atoms with Gasteiger partial charge >= 0.3 is 5.69 Å². The maximum atomic E-state index is 13.6. The zero-order valence-electron chi connectivity index (χ0n) is 11.8. The van der Waals surface area contributed by atoms with Crippen LogP contribution in [0.3, 0.4) is 0 Å². The molecule has 2 aromatic rings. The van der Waals surface area contributed by atoms with Gasteiger partial charge in [0.1, 0.15) is 0 Å². The average Bonchev–Trinajstić information content (AvgIpc) is 2.41. The van der Waals surface area contributed by atoms with Gasteiger partial charge in [-0.3, -0.25) is 10.1 Å². The van der Waals surface area contributed by atoms with Gasteiger partial charge in [-0.05, 0) is 42.5 Å². The standard InChI is InChI=1S/C16H17FN2O2/c1-11-4-2-3-5-13(11)10-14(18)8-12-6-7-16(19(20)21)15(17)9-12/h2-7,9,14H,8,10,18H2,1H3. The third-order valence-corrected chi connectivity index (χ3v) is 3.45. The van der Waals surface area contributed by atoms with Crippen molar-refractivity contribution < 1.29 is 9.31 Å². The topological polar surface area (TPSA) is 69.2 Å². The molecule has 110 valence electrons. The molecule has 0 saturated heterocycles. The zero-order valence-corrected chi connectivity index (χ0v) is 11.8. The fourth-order valence-electron chi connectivity index (χ4n) is 2.32. The molecule has 2 N–H and O–H groups in total. The molecule has 0 aliphatic rings. The fraction of sp³-hybridized carbons (Fsp3) is 0.250. The third kappa shape index (κ3) is 3.86. The van der Waals surface area contributed by atoms with E-state index in [-0.39, 0.29) is 6.04 Å². The smallest absolute Gasteiger partial charge is 0.304 e. The molecule has 0 aliphatic carbocycles. The van der Waals surface area contributed by atoms with Crippen LogP contribution in [0.15, 0.2) is 42.5 Å². The van der Waals surface area contributed by atoms with Crippen molar-refractivity contribution in [1.82, 2.24) is 0 Å². The van der Waals surface area contributed by atoms with Crippen LogP contribution < -0.4 is 5.73 Å². The van der Waals surface area contributed by atoms with Crippen LogP contribution in [-0.2, 0) is 12.8 Å². The van der Waals surface area contributed by atoms with Gasteiger partial charge in [0.25, 0.3) is 0 Å². The minimum atomic E-state index is -0.819. The summed E-state index contributed by atoms with van der Waals surface area (Å²) in [6.07, 6.45) is 1.16. The molecule has 5 heteroatoms. The van der Waals surface area contributed by atoms with Crippen LogP contribution in [0.1, 0.15) is 16.7 Å². The lowest BCUT2D eigenvalue weighted by molar-refractivity contribution is -0.387. The Morgan fingerprint density at radius 3 is 2.57 bits per heavy atom. The van der Waals surface area contributed by atoms with Gasteiger partial charge in [-0.1, -0.05) is 30.3 Å². The van der Waals surface area contributed by atoms with Crippen molar-refractivity contribution in [3.63, 3.8) is 0 Å². The third-order valence-electron chi connectivity index (χ3n) is 3.45. The van der Waals surface area contributed by atoms with Crippen LogP contribution in [0.2, 0.25) is 0 Å². The minimum Gasteiger partial charge on any atom is -0.327 e. The number of nitro groups is 1. The van der Waals surface area contributed by atoms with Crippen LogP contribution in [0.25, 0.3) is 0 Å². The molecule has 2 aromatic carbocycles. The van der Waals surface area contributed by atoms with Crippen LogP contribution in [-0.4, -0.2) is 11.0 Å². The van der Waals surface area contributed by atoms with Crippen molar-refractivity contribution in [2.75, 3.05) is 0 Å². The van der Waals surface area contributed by atoms with Gasteiger partial charge in [0, 0.05) is 12.1 Å². The number of halogens is 1. The highest BCUT2D eigenvalue weighted by atomic mass is 19.1. The van der Waals surface area contributed by atoms with Gasteiger partial charge < -0.3 is 5.73 Å². The van der Waals surface area contributed by atoms with Gasteiger partial charge in [0.2, 0.25) is 5.82 Å². The molecule has 0 aromatic heterocycles. The van der Waals surface area contributed by atoms with Gasteiger partial charge in [-0.25, -0.2) is 0 Å². The Balaban J connectivity index is 2.06. The van der Waals surface area contributed by atoms with Gasteiger partial charge in [0.15, 0.2) is 0 Å². The fourth-order valence-corrected chi connectivity index (χ4v) is 2.32. The lowest BCUT2D eigenvalue weighted by Crippen LogP contribution is -2.26. The summed E-state index contributed by atoms with van der Waals surface area (Å²) in [5.41, 5.74) is 8.58. The van der Waals surface area contributed by atoms with E-state index in [2.05, 4.69) is 0 Å². The van der Waals surface area contributed by atoms with E-state index in [9.17, 15) is 14.5 Å². The zero-order chi connectivity index (χ0) is 15.4. The number of nitro benzene ring substituents is 1. The molecule has 0 radical (unpaired) electrons. The summed E-state index contributed by atoms with van der Waals surface area (Å²) in [5, 5.41) is 10.6. The van der Waals surface area contributed by atoms with Crippen molar-refractivity contribution >= 4 is 5.69 Å². The Labute approximate surface area is 122 Å². The molecule has 0 amide bonds. The Bertz CT molecular complexity index is 658. The Hall–Kier alpha value is -2.27. The summed E-state index contributed by atoms with van der Waals surface area (Å²) < 4.78 is 13.6. The van der Waals surface area contributed by atoms with E-state index < -0.39 is 16.4 Å². The summed E-state index contributed by atoms with van der Waals surface area (Å²) in [6, 6.07) is 11.7. The molecule has 0 bridgehead atoms. The molecule has 2 rings (SSSR count). The van der Waals surface area contributed by atoms with E-state index in [4.69, 9.17) is 5.73 Å². The highest BCUT2D eigenvalue weighted by molar-refractivity contribution is 5.35. The highest BCUT2D eigenvalue weighted by Gasteiger charge is 2.15. The van der Waals surface area contributed by atoms with Crippen molar-refractivity contribution in [2.24, 2.45) is 5.73 Å². The summed E-state index contributed by atoms with van der Waals surface area (Å²) >= 11 is 0. The largest absolute Gasteiger partial charge is 0.327 e. The first-order chi connectivity index (χ1) is 9.97. The predicted molar refractivity (Wildman–Crippen MR) is 79.6 cm³/mol. The van der Waals surface area contributed by atoms with Gasteiger partial charge in [-0.2, -0.15) is 4.39 Å². The van der Waals surface area contributed by atoms with E-state index in [1.807, 2.05) is 31.2 Å². The lowest BCUT2D eigenvalue weighted by atomic mass is 9.97. The molecule has 0 fully saturated rings. The predicted octanol–water partition coefficient (Wildman–Crippen LogP) is 3.15. The first-order valence-corrected chi connectivity index (χ1v) is 6.70. The molecule has 21 heavy (non-hydrogen) atoms. The molecule has 0 heterocycles. The van der Waals surface area contributed by atoms with E-state index >= 15 is 0 Å². The van der Waals surface area contributed by atoms with Crippen molar-refractivity contribution in [2.45, 2.75) is 25.8 Å². The van der Waals surface area contributed by atoms with E-state index in [1.165, 1.54) is 17.7 Å². The number of nitrogens with zero attached hydrogens (tertiary/aromatic N) is 1. The van der Waals surface area contributed by atoms with E-state index in [1.54, 1.807) is 6.07 Å². The summed E-state index contributed by atoms with van der Waals surface area (Å²) in [5.74, 6) is -0.819. The number of rotatable bonds is 5. The lowest BCUT2D eigenvalue weighted by Gasteiger charge is -2.13. The highest BCUT2D eigenvalue weighted by Crippen LogP contribution is 2.19. The molecule has 4 nitrogen and oxygen atoms in total. The second-order valence-electron chi connectivity index (χ2n) is 5.14. The second kappa shape index (κ2) is 6.45.